The normalized spacial score (nSPS) is 15.9. The number of nitrogens with zero attached hydrogens (tertiary/aromatic N) is 2. The number of nitrogens with one attached hydrogen (secondary N) is 1. The van der Waals surface area contributed by atoms with Crippen molar-refractivity contribution in [2.24, 2.45) is 5.92 Å². The maximum Gasteiger partial charge on any atom is 0.128 e. The fraction of sp³-hybridized carbons (Fsp3) is 0.722. The predicted molar refractivity (Wildman–Crippen MR) is 90.9 cm³/mol. The van der Waals surface area contributed by atoms with E-state index in [2.05, 4.69) is 57.1 Å². The van der Waals surface area contributed by atoms with Gasteiger partial charge in [-0.3, -0.25) is 0 Å². The van der Waals surface area contributed by atoms with Gasteiger partial charge in [-0.05, 0) is 43.0 Å². The van der Waals surface area contributed by atoms with Crippen LogP contribution in [0.4, 0.5) is 5.82 Å². The number of anilines is 1. The summed E-state index contributed by atoms with van der Waals surface area (Å²) in [6.45, 7) is 11.9. The van der Waals surface area contributed by atoms with E-state index in [9.17, 15) is 0 Å². The van der Waals surface area contributed by atoms with Crippen LogP contribution >= 0.6 is 0 Å². The van der Waals surface area contributed by atoms with Crippen molar-refractivity contribution < 1.29 is 0 Å². The third kappa shape index (κ3) is 4.44. The Morgan fingerprint density at radius 1 is 1.29 bits per heavy atom. The predicted octanol–water partition coefficient (Wildman–Crippen LogP) is 3.72. The third-order valence-corrected chi connectivity index (χ3v) is 4.37. The molecule has 3 nitrogen and oxygen atoms in total. The average molecular weight is 289 g/mol. The molecule has 0 aliphatic heterocycles. The molecule has 0 atom stereocenters. The second kappa shape index (κ2) is 6.78. The van der Waals surface area contributed by atoms with Crippen LogP contribution in [0, 0.1) is 5.92 Å². The number of hydrogen-bond acceptors (Lipinski definition) is 3. The van der Waals surface area contributed by atoms with E-state index in [1.54, 1.807) is 0 Å². The maximum atomic E-state index is 4.92. The first kappa shape index (κ1) is 16.3. The molecule has 0 radical (unpaired) electrons. The van der Waals surface area contributed by atoms with Crippen LogP contribution in [-0.4, -0.2) is 25.1 Å². The van der Waals surface area contributed by atoms with Crippen molar-refractivity contribution in [2.45, 2.75) is 58.9 Å². The van der Waals surface area contributed by atoms with E-state index in [4.69, 9.17) is 4.98 Å². The highest BCUT2D eigenvalue weighted by molar-refractivity contribution is 5.43. The zero-order valence-corrected chi connectivity index (χ0v) is 14.4. The SMILES string of the molecule is CCNCc1cc(N(C)CC2CCC2)nc(C(C)(C)C)c1. The first-order chi connectivity index (χ1) is 9.90. The third-order valence-electron chi connectivity index (χ3n) is 4.37. The molecule has 0 spiro atoms. The molecule has 1 aromatic heterocycles. The summed E-state index contributed by atoms with van der Waals surface area (Å²) in [6, 6.07) is 4.50. The van der Waals surface area contributed by atoms with Gasteiger partial charge in [0.25, 0.3) is 0 Å². The summed E-state index contributed by atoms with van der Waals surface area (Å²) in [5.41, 5.74) is 2.62. The molecule has 0 aromatic carbocycles. The molecule has 1 aliphatic carbocycles. The van der Waals surface area contributed by atoms with E-state index < -0.39 is 0 Å². The molecule has 1 aromatic rings. The van der Waals surface area contributed by atoms with E-state index in [0.29, 0.717) is 0 Å². The summed E-state index contributed by atoms with van der Waals surface area (Å²) in [5.74, 6) is 1.99. The lowest BCUT2D eigenvalue weighted by Gasteiger charge is -2.31. The second-order valence-electron chi connectivity index (χ2n) is 7.43. The number of pyridine rings is 1. The zero-order valence-electron chi connectivity index (χ0n) is 14.4. The van der Waals surface area contributed by atoms with E-state index >= 15 is 0 Å². The fourth-order valence-corrected chi connectivity index (χ4v) is 2.68. The molecule has 0 amide bonds. The van der Waals surface area contributed by atoms with E-state index in [1.165, 1.54) is 30.5 Å². The Morgan fingerprint density at radius 3 is 2.52 bits per heavy atom. The van der Waals surface area contributed by atoms with Gasteiger partial charge in [-0.2, -0.15) is 0 Å². The van der Waals surface area contributed by atoms with Crippen molar-refractivity contribution in [1.82, 2.24) is 10.3 Å². The van der Waals surface area contributed by atoms with Crippen LogP contribution in [-0.2, 0) is 12.0 Å². The monoisotopic (exact) mass is 289 g/mol. The standard InChI is InChI=1S/C18H31N3/c1-6-19-12-15-10-16(18(2,3)4)20-17(11-15)21(5)13-14-8-7-9-14/h10-11,14,19H,6-9,12-13H2,1-5H3. The Hall–Kier alpha value is -1.09. The Balaban J connectivity index is 2.20. The minimum Gasteiger partial charge on any atom is -0.359 e. The lowest BCUT2D eigenvalue weighted by atomic mass is 9.85. The highest BCUT2D eigenvalue weighted by Gasteiger charge is 2.22. The maximum absolute atomic E-state index is 4.92. The van der Waals surface area contributed by atoms with Crippen molar-refractivity contribution in [3.8, 4) is 0 Å². The highest BCUT2D eigenvalue weighted by Crippen LogP contribution is 2.29. The first-order valence-electron chi connectivity index (χ1n) is 8.33. The molecule has 1 saturated carbocycles. The van der Waals surface area contributed by atoms with Gasteiger partial charge in [0, 0.05) is 31.2 Å². The Morgan fingerprint density at radius 2 is 2.00 bits per heavy atom. The lowest BCUT2D eigenvalue weighted by molar-refractivity contribution is 0.321. The quantitative estimate of drug-likeness (QED) is 0.865. The van der Waals surface area contributed by atoms with E-state index in [1.807, 2.05) is 0 Å². The smallest absolute Gasteiger partial charge is 0.128 e. The largest absolute Gasteiger partial charge is 0.359 e. The van der Waals surface area contributed by atoms with Crippen molar-refractivity contribution >= 4 is 5.82 Å². The molecule has 1 N–H and O–H groups in total. The summed E-state index contributed by atoms with van der Waals surface area (Å²) < 4.78 is 0. The summed E-state index contributed by atoms with van der Waals surface area (Å²) in [6.07, 6.45) is 4.17. The zero-order chi connectivity index (χ0) is 15.5. The van der Waals surface area contributed by atoms with Gasteiger partial charge in [0.05, 0.1) is 0 Å². The molecule has 118 valence electrons. The molecule has 2 rings (SSSR count). The summed E-state index contributed by atoms with van der Waals surface area (Å²) in [4.78, 5) is 7.26. The molecule has 1 fully saturated rings. The number of hydrogen-bond donors (Lipinski definition) is 1. The summed E-state index contributed by atoms with van der Waals surface area (Å²) in [7, 11) is 2.18. The van der Waals surface area contributed by atoms with Gasteiger partial charge >= 0.3 is 0 Å². The van der Waals surface area contributed by atoms with Crippen LogP contribution in [0.15, 0.2) is 12.1 Å². The van der Waals surface area contributed by atoms with Gasteiger partial charge < -0.3 is 10.2 Å². The molecular formula is C18H31N3. The van der Waals surface area contributed by atoms with Gasteiger partial charge in [-0.15, -0.1) is 0 Å². The molecule has 1 aliphatic rings. The van der Waals surface area contributed by atoms with Gasteiger partial charge in [0.1, 0.15) is 5.82 Å². The molecular weight excluding hydrogens is 258 g/mol. The second-order valence-corrected chi connectivity index (χ2v) is 7.43. The van der Waals surface area contributed by atoms with Gasteiger partial charge in [-0.1, -0.05) is 34.1 Å². The van der Waals surface area contributed by atoms with Gasteiger partial charge in [-0.25, -0.2) is 4.98 Å². The Labute approximate surface area is 130 Å². The van der Waals surface area contributed by atoms with Crippen LogP contribution in [0.2, 0.25) is 0 Å². The number of aromatic nitrogens is 1. The highest BCUT2D eigenvalue weighted by atomic mass is 15.2. The molecule has 0 unspecified atom stereocenters. The van der Waals surface area contributed by atoms with Crippen LogP contribution in [0.25, 0.3) is 0 Å². The van der Waals surface area contributed by atoms with Crippen molar-refractivity contribution in [1.29, 1.82) is 0 Å². The first-order valence-corrected chi connectivity index (χ1v) is 8.33. The van der Waals surface area contributed by atoms with E-state index in [-0.39, 0.29) is 5.41 Å². The molecule has 21 heavy (non-hydrogen) atoms. The Bertz CT molecular complexity index is 458. The van der Waals surface area contributed by atoms with Crippen LogP contribution < -0.4 is 10.2 Å². The summed E-state index contributed by atoms with van der Waals surface area (Å²) in [5, 5.41) is 3.43. The van der Waals surface area contributed by atoms with Crippen molar-refractivity contribution in [3.63, 3.8) is 0 Å². The van der Waals surface area contributed by atoms with Crippen molar-refractivity contribution in [3.05, 3.63) is 23.4 Å². The summed E-state index contributed by atoms with van der Waals surface area (Å²) >= 11 is 0. The minimum atomic E-state index is 0.0916. The van der Waals surface area contributed by atoms with Crippen molar-refractivity contribution in [2.75, 3.05) is 25.0 Å². The topological polar surface area (TPSA) is 28.2 Å². The minimum absolute atomic E-state index is 0.0916. The van der Waals surface area contributed by atoms with Gasteiger partial charge in [0.2, 0.25) is 0 Å². The average Bonchev–Trinajstić information content (AvgIpc) is 2.39. The lowest BCUT2D eigenvalue weighted by Crippen LogP contribution is -2.30. The molecule has 0 bridgehead atoms. The Kier molecular flexibility index (Phi) is 5.26. The van der Waals surface area contributed by atoms with Crippen LogP contribution in [0.5, 0.6) is 0 Å². The number of rotatable bonds is 6. The molecule has 0 saturated heterocycles. The van der Waals surface area contributed by atoms with Crippen LogP contribution in [0.3, 0.4) is 0 Å². The van der Waals surface area contributed by atoms with Gasteiger partial charge in [0.15, 0.2) is 0 Å². The van der Waals surface area contributed by atoms with E-state index in [0.717, 1.165) is 31.4 Å². The molecule has 1 heterocycles. The fourth-order valence-electron chi connectivity index (χ4n) is 2.68. The molecule has 3 heteroatoms. The van der Waals surface area contributed by atoms with Crippen LogP contribution in [0.1, 0.15) is 58.2 Å².